The molecule has 2 aromatic heterocycles. The van der Waals surface area contributed by atoms with Crippen LogP contribution >= 0.6 is 0 Å². The van der Waals surface area contributed by atoms with Gasteiger partial charge >= 0.3 is 0 Å². The quantitative estimate of drug-likeness (QED) is 0.399. The van der Waals surface area contributed by atoms with E-state index in [9.17, 15) is 18.4 Å². The van der Waals surface area contributed by atoms with Crippen LogP contribution in [0.1, 0.15) is 61.9 Å². The van der Waals surface area contributed by atoms with Crippen LogP contribution in [0.2, 0.25) is 0 Å². The SMILES string of the molecule is CCN(CC)c1cnnn1CC(=O)N1CC(F)CC1C(=O)NC(c1ccccc1)c1ccc(C2CC2)c(F)n1. The van der Waals surface area contributed by atoms with Gasteiger partial charge in [-0.05, 0) is 44.2 Å². The van der Waals surface area contributed by atoms with E-state index in [1.807, 2.05) is 49.1 Å². The van der Waals surface area contributed by atoms with Gasteiger partial charge < -0.3 is 15.1 Å². The highest BCUT2D eigenvalue weighted by molar-refractivity contribution is 5.89. The Morgan fingerprint density at radius 3 is 2.54 bits per heavy atom. The maximum Gasteiger partial charge on any atom is 0.245 e. The molecule has 206 valence electrons. The molecule has 1 saturated carbocycles. The van der Waals surface area contributed by atoms with Crippen molar-refractivity contribution in [3.05, 3.63) is 71.4 Å². The molecule has 3 unspecified atom stereocenters. The number of aromatic nitrogens is 4. The summed E-state index contributed by atoms with van der Waals surface area (Å²) in [5, 5.41) is 10.9. The molecule has 1 saturated heterocycles. The second-order valence-electron chi connectivity index (χ2n) is 10.1. The van der Waals surface area contributed by atoms with Gasteiger partial charge in [0, 0.05) is 25.1 Å². The zero-order chi connectivity index (χ0) is 27.5. The standard InChI is InChI=1S/C28H33F2N7O2/c1-3-35(4-2)24-15-31-34-37(24)17-25(38)36-16-20(29)14-23(36)28(39)33-26(19-8-6-5-7-9-19)22-13-12-21(18-10-11-18)27(30)32-22/h5-9,12-13,15,18,20,23,26H,3-4,10-11,14,16-17H2,1-2H3,(H,33,39). The zero-order valence-corrected chi connectivity index (χ0v) is 22.1. The number of nitrogens with zero attached hydrogens (tertiary/aromatic N) is 6. The van der Waals surface area contributed by atoms with Crippen LogP contribution in [-0.2, 0) is 16.1 Å². The van der Waals surface area contributed by atoms with Crippen molar-refractivity contribution in [3.8, 4) is 0 Å². The van der Waals surface area contributed by atoms with E-state index in [1.54, 1.807) is 18.3 Å². The van der Waals surface area contributed by atoms with Gasteiger partial charge in [0.1, 0.15) is 24.6 Å². The van der Waals surface area contributed by atoms with Crippen LogP contribution in [0, 0.1) is 5.95 Å². The Kier molecular flexibility index (Phi) is 7.85. The van der Waals surface area contributed by atoms with Crippen molar-refractivity contribution in [1.29, 1.82) is 0 Å². The number of likely N-dealkylation sites (tertiary alicyclic amines) is 1. The third-order valence-corrected chi connectivity index (χ3v) is 7.47. The second kappa shape index (κ2) is 11.5. The van der Waals surface area contributed by atoms with E-state index < -0.39 is 36.0 Å². The van der Waals surface area contributed by atoms with Crippen molar-refractivity contribution in [1.82, 2.24) is 30.2 Å². The lowest BCUT2D eigenvalue weighted by Gasteiger charge is -2.27. The first-order valence-electron chi connectivity index (χ1n) is 13.5. The zero-order valence-electron chi connectivity index (χ0n) is 22.1. The van der Waals surface area contributed by atoms with Gasteiger partial charge in [-0.1, -0.05) is 41.6 Å². The van der Waals surface area contributed by atoms with Crippen LogP contribution in [0.5, 0.6) is 0 Å². The Labute approximate surface area is 226 Å². The molecule has 1 N–H and O–H groups in total. The fourth-order valence-electron chi connectivity index (χ4n) is 5.22. The first-order valence-corrected chi connectivity index (χ1v) is 13.5. The van der Waals surface area contributed by atoms with E-state index in [4.69, 9.17) is 0 Å². The number of carbonyl (C=O) groups excluding carboxylic acids is 2. The molecule has 1 aromatic carbocycles. The van der Waals surface area contributed by atoms with Crippen LogP contribution in [0.4, 0.5) is 14.6 Å². The maximum absolute atomic E-state index is 14.9. The molecule has 2 aliphatic rings. The van der Waals surface area contributed by atoms with Crippen LogP contribution in [0.25, 0.3) is 0 Å². The third kappa shape index (κ3) is 5.76. The van der Waals surface area contributed by atoms with E-state index in [1.165, 1.54) is 9.58 Å². The molecule has 0 spiro atoms. The Hall–Kier alpha value is -3.89. The first-order chi connectivity index (χ1) is 18.9. The van der Waals surface area contributed by atoms with Crippen LogP contribution in [0.3, 0.4) is 0 Å². The smallest absolute Gasteiger partial charge is 0.245 e. The van der Waals surface area contributed by atoms with Gasteiger partial charge in [-0.2, -0.15) is 4.39 Å². The summed E-state index contributed by atoms with van der Waals surface area (Å²) < 4.78 is 30.9. The predicted octanol–water partition coefficient (Wildman–Crippen LogP) is 3.38. The number of benzene rings is 1. The Balaban J connectivity index is 1.36. The van der Waals surface area contributed by atoms with Gasteiger partial charge in [0.25, 0.3) is 0 Å². The van der Waals surface area contributed by atoms with Gasteiger partial charge in [-0.3, -0.25) is 9.59 Å². The van der Waals surface area contributed by atoms with E-state index in [0.29, 0.717) is 35.7 Å². The number of rotatable bonds is 10. The number of carbonyl (C=O) groups is 2. The fourth-order valence-corrected chi connectivity index (χ4v) is 5.22. The van der Waals surface area contributed by atoms with Crippen LogP contribution < -0.4 is 10.2 Å². The van der Waals surface area contributed by atoms with Gasteiger partial charge in [0.2, 0.25) is 17.8 Å². The number of nitrogens with one attached hydrogen (secondary N) is 1. The van der Waals surface area contributed by atoms with E-state index >= 15 is 0 Å². The topological polar surface area (TPSA) is 96.3 Å². The lowest BCUT2D eigenvalue weighted by molar-refractivity contribution is -0.139. The number of hydrogen-bond donors (Lipinski definition) is 1. The first kappa shape index (κ1) is 26.7. The number of pyridine rings is 1. The number of hydrogen-bond acceptors (Lipinski definition) is 6. The molecule has 2 amide bonds. The molecule has 39 heavy (non-hydrogen) atoms. The minimum absolute atomic E-state index is 0.123. The Morgan fingerprint density at radius 2 is 1.87 bits per heavy atom. The maximum atomic E-state index is 14.9. The lowest BCUT2D eigenvalue weighted by Crippen LogP contribution is -2.48. The molecule has 0 bridgehead atoms. The molecule has 0 radical (unpaired) electrons. The van der Waals surface area contributed by atoms with Gasteiger partial charge in [0.05, 0.1) is 24.5 Å². The average molecular weight is 538 g/mol. The van der Waals surface area contributed by atoms with Gasteiger partial charge in [-0.25, -0.2) is 14.1 Å². The second-order valence-corrected chi connectivity index (χ2v) is 10.1. The van der Waals surface area contributed by atoms with Gasteiger partial charge in [0.15, 0.2) is 0 Å². The molecule has 2 fully saturated rings. The Bertz CT molecular complexity index is 1310. The third-order valence-electron chi connectivity index (χ3n) is 7.47. The number of alkyl halides is 1. The van der Waals surface area contributed by atoms with E-state index in [-0.39, 0.29) is 25.4 Å². The predicted molar refractivity (Wildman–Crippen MR) is 141 cm³/mol. The minimum Gasteiger partial charge on any atom is -0.356 e. The largest absolute Gasteiger partial charge is 0.356 e. The molecular formula is C28H33F2N7O2. The molecule has 3 atom stereocenters. The summed E-state index contributed by atoms with van der Waals surface area (Å²) in [5.41, 5.74) is 1.63. The van der Waals surface area contributed by atoms with Crippen LogP contribution in [0.15, 0.2) is 48.7 Å². The highest BCUT2D eigenvalue weighted by atomic mass is 19.1. The number of anilines is 1. The summed E-state index contributed by atoms with van der Waals surface area (Å²) in [4.78, 5) is 34.3. The summed E-state index contributed by atoms with van der Waals surface area (Å²) in [5.74, 6) is -0.611. The highest BCUT2D eigenvalue weighted by Crippen LogP contribution is 2.41. The molecule has 3 heterocycles. The Morgan fingerprint density at radius 1 is 1.13 bits per heavy atom. The molecule has 1 aliphatic heterocycles. The molecule has 11 heteroatoms. The molecule has 1 aliphatic carbocycles. The molecule has 5 rings (SSSR count). The number of halogens is 2. The van der Waals surface area contributed by atoms with Crippen molar-refractivity contribution in [3.63, 3.8) is 0 Å². The van der Waals surface area contributed by atoms with Crippen molar-refractivity contribution in [2.75, 3.05) is 24.5 Å². The van der Waals surface area contributed by atoms with Crippen molar-refractivity contribution in [2.24, 2.45) is 0 Å². The molecular weight excluding hydrogens is 504 g/mol. The number of amides is 2. The van der Waals surface area contributed by atoms with Crippen LogP contribution in [-0.4, -0.2) is 68.5 Å². The molecule has 9 nitrogen and oxygen atoms in total. The summed E-state index contributed by atoms with van der Waals surface area (Å²) in [6, 6.07) is 10.8. The molecule has 3 aromatic rings. The minimum atomic E-state index is -1.34. The lowest BCUT2D eigenvalue weighted by atomic mass is 10.0. The summed E-state index contributed by atoms with van der Waals surface area (Å²) >= 11 is 0. The monoisotopic (exact) mass is 537 g/mol. The normalized spacial score (nSPS) is 19.6. The van der Waals surface area contributed by atoms with Crippen molar-refractivity contribution >= 4 is 17.6 Å². The average Bonchev–Trinajstić information content (AvgIpc) is 3.55. The van der Waals surface area contributed by atoms with E-state index in [0.717, 1.165) is 12.8 Å². The van der Waals surface area contributed by atoms with Crippen molar-refractivity contribution in [2.45, 2.75) is 63.8 Å². The summed E-state index contributed by atoms with van der Waals surface area (Å²) in [6.07, 6.45) is 2.00. The van der Waals surface area contributed by atoms with Gasteiger partial charge in [-0.15, -0.1) is 5.10 Å². The van der Waals surface area contributed by atoms with Crippen molar-refractivity contribution < 1.29 is 18.4 Å². The summed E-state index contributed by atoms with van der Waals surface area (Å²) in [6.45, 7) is 5.03. The summed E-state index contributed by atoms with van der Waals surface area (Å²) in [7, 11) is 0. The van der Waals surface area contributed by atoms with E-state index in [2.05, 4.69) is 20.6 Å². The highest BCUT2D eigenvalue weighted by Gasteiger charge is 2.41. The fraction of sp³-hybridized carbons (Fsp3) is 0.464.